The molecule has 4 aromatic rings. The Hall–Kier alpha value is -3.71. The molecule has 0 aliphatic heterocycles. The van der Waals surface area contributed by atoms with Crippen LogP contribution in [0.2, 0.25) is 0 Å². The number of amides is 2. The van der Waals surface area contributed by atoms with Gasteiger partial charge in [-0.1, -0.05) is 53.8 Å². The molecule has 0 atom stereocenters. The zero-order chi connectivity index (χ0) is 22.3. The van der Waals surface area contributed by atoms with Crippen LogP contribution in [0.15, 0.2) is 72.8 Å². The van der Waals surface area contributed by atoms with Crippen LogP contribution in [0.25, 0.3) is 10.2 Å². The third kappa shape index (κ3) is 5.92. The Morgan fingerprint density at radius 3 is 2.59 bits per heavy atom. The van der Waals surface area contributed by atoms with Gasteiger partial charge in [0.2, 0.25) is 5.91 Å². The summed E-state index contributed by atoms with van der Waals surface area (Å²) < 4.78 is 6.41. The van der Waals surface area contributed by atoms with Gasteiger partial charge in [-0.25, -0.2) is 4.98 Å². The van der Waals surface area contributed by atoms with Gasteiger partial charge in [0, 0.05) is 12.1 Å². The number of rotatable bonds is 8. The summed E-state index contributed by atoms with van der Waals surface area (Å²) in [5.74, 6) is 0.330. The summed E-state index contributed by atoms with van der Waals surface area (Å²) >= 11 is 1.35. The first-order valence-electron chi connectivity index (χ1n) is 10.3. The molecule has 0 fully saturated rings. The van der Waals surface area contributed by atoms with Gasteiger partial charge in [-0.2, -0.15) is 0 Å². The fraction of sp³-hybridized carbons (Fsp3) is 0.160. The average molecular weight is 446 g/mol. The maximum absolute atomic E-state index is 12.3. The molecule has 2 N–H and O–H groups in total. The normalized spacial score (nSPS) is 10.7. The first kappa shape index (κ1) is 21.5. The van der Waals surface area contributed by atoms with Gasteiger partial charge < -0.3 is 10.1 Å². The topological polar surface area (TPSA) is 80.3 Å². The number of thiazole rings is 1. The van der Waals surface area contributed by atoms with Gasteiger partial charge in [-0.3, -0.25) is 14.9 Å². The first-order valence-corrected chi connectivity index (χ1v) is 11.1. The molecule has 7 heteroatoms. The molecular weight excluding hydrogens is 422 g/mol. The molecule has 0 aliphatic carbocycles. The average Bonchev–Trinajstić information content (AvgIpc) is 3.18. The minimum absolute atomic E-state index is 0.0421. The minimum atomic E-state index is -0.278. The molecule has 0 unspecified atom stereocenters. The number of nitrogens with zero attached hydrogens (tertiary/aromatic N) is 1. The number of fused-ring (bicyclic) bond motifs is 1. The van der Waals surface area contributed by atoms with E-state index in [-0.39, 0.29) is 18.4 Å². The molecule has 1 heterocycles. The van der Waals surface area contributed by atoms with Gasteiger partial charge in [-0.15, -0.1) is 0 Å². The Bertz CT molecular complexity index is 1240. The number of nitrogens with one attached hydrogen (secondary N) is 2. The van der Waals surface area contributed by atoms with E-state index in [1.165, 1.54) is 11.3 Å². The van der Waals surface area contributed by atoms with Crippen LogP contribution >= 0.6 is 11.3 Å². The number of hydrogen-bond acceptors (Lipinski definition) is 5. The summed E-state index contributed by atoms with van der Waals surface area (Å²) in [4.78, 5) is 28.9. The Labute approximate surface area is 190 Å². The van der Waals surface area contributed by atoms with Crippen LogP contribution < -0.4 is 15.4 Å². The Morgan fingerprint density at radius 1 is 0.938 bits per heavy atom. The highest BCUT2D eigenvalue weighted by Gasteiger charge is 2.10. The highest BCUT2D eigenvalue weighted by molar-refractivity contribution is 7.22. The van der Waals surface area contributed by atoms with E-state index in [0.29, 0.717) is 29.4 Å². The summed E-state index contributed by atoms with van der Waals surface area (Å²) in [5.41, 5.74) is 3.66. The molecule has 32 heavy (non-hydrogen) atoms. The largest absolute Gasteiger partial charge is 0.484 e. The van der Waals surface area contributed by atoms with Crippen molar-refractivity contribution in [2.24, 2.45) is 0 Å². The van der Waals surface area contributed by atoms with Crippen molar-refractivity contribution in [1.82, 2.24) is 4.98 Å². The summed E-state index contributed by atoms with van der Waals surface area (Å²) in [6, 6.07) is 23.0. The molecular formula is C25H23N3O3S. The number of benzene rings is 3. The van der Waals surface area contributed by atoms with Gasteiger partial charge >= 0.3 is 0 Å². The lowest BCUT2D eigenvalue weighted by Gasteiger charge is -2.06. The highest BCUT2D eigenvalue weighted by Crippen LogP contribution is 2.28. The third-order valence-corrected chi connectivity index (χ3v) is 5.70. The van der Waals surface area contributed by atoms with E-state index in [4.69, 9.17) is 4.74 Å². The lowest BCUT2D eigenvalue weighted by atomic mass is 10.1. The maximum atomic E-state index is 12.3. The van der Waals surface area contributed by atoms with E-state index in [0.717, 1.165) is 21.3 Å². The highest BCUT2D eigenvalue weighted by atomic mass is 32.1. The van der Waals surface area contributed by atoms with Crippen LogP contribution in [0.1, 0.15) is 17.5 Å². The van der Waals surface area contributed by atoms with Crippen molar-refractivity contribution < 1.29 is 14.3 Å². The second-order valence-electron chi connectivity index (χ2n) is 7.39. The fourth-order valence-electron chi connectivity index (χ4n) is 3.19. The SMILES string of the molecule is Cc1cccc(OCC(=O)Nc2nc3ccc(NC(=O)CCc4ccccc4)cc3s2)c1. The molecule has 0 saturated carbocycles. The van der Waals surface area contributed by atoms with Crippen molar-refractivity contribution in [1.29, 1.82) is 0 Å². The van der Waals surface area contributed by atoms with Gasteiger partial charge in [0.25, 0.3) is 5.91 Å². The summed E-state index contributed by atoms with van der Waals surface area (Å²) in [6.07, 6.45) is 1.10. The molecule has 0 saturated heterocycles. The zero-order valence-corrected chi connectivity index (χ0v) is 18.4. The molecule has 4 rings (SSSR count). The zero-order valence-electron chi connectivity index (χ0n) is 17.6. The van der Waals surface area contributed by atoms with E-state index in [9.17, 15) is 9.59 Å². The van der Waals surface area contributed by atoms with E-state index in [1.807, 2.05) is 79.7 Å². The van der Waals surface area contributed by atoms with Crippen molar-refractivity contribution in [3.63, 3.8) is 0 Å². The van der Waals surface area contributed by atoms with Crippen LogP contribution in [0.5, 0.6) is 5.75 Å². The second kappa shape index (κ2) is 10.1. The lowest BCUT2D eigenvalue weighted by Crippen LogP contribution is -2.20. The Morgan fingerprint density at radius 2 is 1.78 bits per heavy atom. The van der Waals surface area contributed by atoms with Crippen LogP contribution in [0.3, 0.4) is 0 Å². The molecule has 0 aliphatic rings. The summed E-state index contributed by atoms with van der Waals surface area (Å²) in [6.45, 7) is 1.87. The molecule has 162 valence electrons. The number of anilines is 2. The molecule has 0 bridgehead atoms. The monoisotopic (exact) mass is 445 g/mol. The quantitative estimate of drug-likeness (QED) is 0.391. The number of carbonyl (C=O) groups is 2. The molecule has 0 radical (unpaired) electrons. The van der Waals surface area contributed by atoms with E-state index in [1.54, 1.807) is 0 Å². The molecule has 1 aromatic heterocycles. The van der Waals surface area contributed by atoms with E-state index in [2.05, 4.69) is 15.6 Å². The summed E-state index contributed by atoms with van der Waals surface area (Å²) in [7, 11) is 0. The van der Waals surface area contributed by atoms with Gasteiger partial charge in [0.15, 0.2) is 11.7 Å². The number of carbonyl (C=O) groups excluding carboxylic acids is 2. The maximum Gasteiger partial charge on any atom is 0.264 e. The number of aryl methyl sites for hydroxylation is 2. The van der Waals surface area contributed by atoms with Crippen LogP contribution in [0.4, 0.5) is 10.8 Å². The Kier molecular flexibility index (Phi) is 6.77. The van der Waals surface area contributed by atoms with Crippen molar-refractivity contribution in [3.8, 4) is 5.75 Å². The van der Waals surface area contributed by atoms with Crippen LogP contribution in [0, 0.1) is 6.92 Å². The van der Waals surface area contributed by atoms with Crippen LogP contribution in [-0.2, 0) is 16.0 Å². The Balaban J connectivity index is 1.32. The van der Waals surface area contributed by atoms with Gasteiger partial charge in [0.05, 0.1) is 10.2 Å². The van der Waals surface area contributed by atoms with Crippen molar-refractivity contribution in [2.75, 3.05) is 17.2 Å². The number of hydrogen-bond donors (Lipinski definition) is 2. The van der Waals surface area contributed by atoms with E-state index >= 15 is 0 Å². The van der Waals surface area contributed by atoms with Crippen LogP contribution in [-0.4, -0.2) is 23.4 Å². The van der Waals surface area contributed by atoms with Gasteiger partial charge in [-0.05, 0) is 54.8 Å². The third-order valence-electron chi connectivity index (χ3n) is 4.76. The fourth-order valence-corrected chi connectivity index (χ4v) is 4.11. The van der Waals surface area contributed by atoms with Gasteiger partial charge in [0.1, 0.15) is 5.75 Å². The molecule has 2 amide bonds. The minimum Gasteiger partial charge on any atom is -0.484 e. The number of aromatic nitrogens is 1. The molecule has 6 nitrogen and oxygen atoms in total. The number of ether oxygens (including phenoxy) is 1. The smallest absolute Gasteiger partial charge is 0.264 e. The predicted molar refractivity (Wildman–Crippen MR) is 128 cm³/mol. The lowest BCUT2D eigenvalue weighted by molar-refractivity contribution is -0.118. The van der Waals surface area contributed by atoms with E-state index < -0.39 is 0 Å². The predicted octanol–water partition coefficient (Wildman–Crippen LogP) is 5.19. The summed E-state index contributed by atoms with van der Waals surface area (Å²) in [5, 5.41) is 6.19. The molecule has 3 aromatic carbocycles. The standard InChI is InChI=1S/C25H23N3O3S/c1-17-6-5-9-20(14-17)31-16-24(30)28-25-27-21-12-11-19(15-22(21)32-25)26-23(29)13-10-18-7-3-2-4-8-18/h2-9,11-12,14-15H,10,13,16H2,1H3,(H,26,29)(H,27,28,30). The van der Waals surface area contributed by atoms with Crippen molar-refractivity contribution in [2.45, 2.75) is 19.8 Å². The molecule has 0 spiro atoms. The first-order chi connectivity index (χ1) is 15.5. The van der Waals surface area contributed by atoms with Crippen molar-refractivity contribution >= 4 is 44.2 Å². The second-order valence-corrected chi connectivity index (χ2v) is 8.42. The van der Waals surface area contributed by atoms with Crippen molar-refractivity contribution in [3.05, 3.63) is 83.9 Å².